The van der Waals surface area contributed by atoms with Gasteiger partial charge < -0.3 is 23.7 Å². The summed E-state index contributed by atoms with van der Waals surface area (Å²) in [4.78, 5) is 22.4. The van der Waals surface area contributed by atoms with E-state index in [9.17, 15) is 9.59 Å². The molecule has 0 aromatic rings. The largest absolute Gasteiger partial charge is 0.463 e. The number of hydrogen-bond donors (Lipinski definition) is 0. The molecule has 138 valence electrons. The Morgan fingerprint density at radius 3 is 1.96 bits per heavy atom. The second kappa shape index (κ2) is 17.9. The predicted molar refractivity (Wildman–Crippen MR) is 87.6 cm³/mol. The minimum absolute atomic E-state index is 0.184. The molecule has 0 rings (SSSR count). The molecule has 24 heavy (non-hydrogen) atoms. The van der Waals surface area contributed by atoms with Crippen LogP contribution in [0.3, 0.4) is 0 Å². The van der Waals surface area contributed by atoms with Crippen LogP contribution in [0.1, 0.15) is 26.2 Å². The zero-order valence-corrected chi connectivity index (χ0v) is 14.4. The third-order valence-electron chi connectivity index (χ3n) is 2.79. The third-order valence-corrected chi connectivity index (χ3v) is 2.79. The van der Waals surface area contributed by atoms with Crippen molar-refractivity contribution < 1.29 is 33.3 Å². The monoisotopic (exact) mass is 344 g/mol. The summed E-state index contributed by atoms with van der Waals surface area (Å²) in [6, 6.07) is 0. The van der Waals surface area contributed by atoms with Crippen molar-refractivity contribution >= 4 is 11.8 Å². The molecule has 0 fully saturated rings. The number of terminal acetylenes is 1. The molecular formula is C17H28O7. The van der Waals surface area contributed by atoms with E-state index in [0.717, 1.165) is 0 Å². The Balaban J connectivity index is 3.20. The zero-order chi connectivity index (χ0) is 17.9. The van der Waals surface area contributed by atoms with E-state index >= 15 is 0 Å². The molecule has 0 N–H and O–H groups in total. The topological polar surface area (TPSA) is 80.3 Å². The first kappa shape index (κ1) is 22.5. The van der Waals surface area contributed by atoms with E-state index in [1.807, 2.05) is 6.92 Å². The fraction of sp³-hybridized carbons (Fsp3) is 0.765. The molecule has 7 nitrogen and oxygen atoms in total. The van der Waals surface area contributed by atoms with Crippen molar-refractivity contribution in [3.05, 3.63) is 0 Å². The van der Waals surface area contributed by atoms with Crippen LogP contribution in [0.2, 0.25) is 0 Å². The van der Waals surface area contributed by atoms with Crippen LogP contribution in [0, 0.1) is 12.3 Å². The van der Waals surface area contributed by atoms with Crippen LogP contribution in [-0.4, -0.2) is 71.2 Å². The van der Waals surface area contributed by atoms with Crippen molar-refractivity contribution in [2.24, 2.45) is 0 Å². The molecule has 0 radical (unpaired) electrons. The van der Waals surface area contributed by atoms with Gasteiger partial charge in [0.2, 0.25) is 0 Å². The molecule has 0 aromatic carbocycles. The molecule has 0 bridgehead atoms. The summed E-state index contributed by atoms with van der Waals surface area (Å²) in [7, 11) is 0. The lowest BCUT2D eigenvalue weighted by atomic mass is 10.2. The molecule has 0 spiro atoms. The van der Waals surface area contributed by atoms with Gasteiger partial charge in [-0.2, -0.15) is 0 Å². The smallest absolute Gasteiger partial charge is 0.308 e. The van der Waals surface area contributed by atoms with E-state index in [1.54, 1.807) is 0 Å². The van der Waals surface area contributed by atoms with Crippen LogP contribution in [-0.2, 0) is 33.3 Å². The van der Waals surface area contributed by atoms with E-state index < -0.39 is 0 Å². The lowest BCUT2D eigenvalue weighted by molar-refractivity contribution is -0.146. The maximum absolute atomic E-state index is 11.4. The Morgan fingerprint density at radius 1 is 0.792 bits per heavy atom. The van der Waals surface area contributed by atoms with Crippen LogP contribution >= 0.6 is 0 Å². The number of esters is 1. The van der Waals surface area contributed by atoms with Crippen LogP contribution in [0.25, 0.3) is 0 Å². The first-order valence-electron chi connectivity index (χ1n) is 8.12. The highest BCUT2D eigenvalue weighted by Crippen LogP contribution is 1.91. The average Bonchev–Trinajstić information content (AvgIpc) is 2.59. The molecule has 0 heterocycles. The Kier molecular flexibility index (Phi) is 16.8. The fourth-order valence-corrected chi connectivity index (χ4v) is 1.48. The van der Waals surface area contributed by atoms with Crippen LogP contribution in [0.15, 0.2) is 0 Å². The molecule has 0 aliphatic carbocycles. The molecule has 0 aromatic heterocycles. The van der Waals surface area contributed by atoms with Crippen LogP contribution < -0.4 is 0 Å². The van der Waals surface area contributed by atoms with E-state index in [4.69, 9.17) is 30.1 Å². The first-order valence-corrected chi connectivity index (χ1v) is 8.12. The molecule has 0 aliphatic heterocycles. The molecule has 0 atom stereocenters. The lowest BCUT2D eigenvalue weighted by Gasteiger charge is -2.07. The predicted octanol–water partition coefficient (Wildman–Crippen LogP) is 0.988. The minimum atomic E-state index is -0.336. The van der Waals surface area contributed by atoms with Gasteiger partial charge in [0.15, 0.2) is 0 Å². The molecule has 7 heteroatoms. The Morgan fingerprint density at radius 2 is 1.33 bits per heavy atom. The quantitative estimate of drug-likeness (QED) is 0.221. The van der Waals surface area contributed by atoms with E-state index in [2.05, 4.69) is 5.92 Å². The molecule has 0 unspecified atom stereocenters. The maximum Gasteiger partial charge on any atom is 0.308 e. The van der Waals surface area contributed by atoms with Crippen molar-refractivity contribution in [2.45, 2.75) is 26.2 Å². The highest BCUT2D eigenvalue weighted by molar-refractivity contribution is 5.78. The molecule has 0 aliphatic rings. The summed E-state index contributed by atoms with van der Waals surface area (Å²) >= 11 is 0. The standard InChI is InChI=1S/C17H28O7/c1-3-7-20-10-11-22-9-6-17(19)24-15-14-23-13-12-21-8-5-16(18)4-2/h1H,4-15H2,2H3. The summed E-state index contributed by atoms with van der Waals surface area (Å²) in [6.45, 7) is 4.90. The van der Waals surface area contributed by atoms with E-state index in [1.165, 1.54) is 0 Å². The van der Waals surface area contributed by atoms with Gasteiger partial charge in [0.25, 0.3) is 0 Å². The third kappa shape index (κ3) is 16.9. The first-order chi connectivity index (χ1) is 11.7. The van der Waals surface area contributed by atoms with Gasteiger partial charge in [-0.15, -0.1) is 6.42 Å². The van der Waals surface area contributed by atoms with Gasteiger partial charge in [0, 0.05) is 12.8 Å². The summed E-state index contributed by atoms with van der Waals surface area (Å²) in [5, 5.41) is 0. The minimum Gasteiger partial charge on any atom is -0.463 e. The zero-order valence-electron chi connectivity index (χ0n) is 14.4. The van der Waals surface area contributed by atoms with Gasteiger partial charge in [-0.25, -0.2) is 0 Å². The normalized spacial score (nSPS) is 10.3. The molecule has 0 saturated heterocycles. The van der Waals surface area contributed by atoms with Crippen molar-refractivity contribution in [1.29, 1.82) is 0 Å². The van der Waals surface area contributed by atoms with Crippen molar-refractivity contribution in [2.75, 3.05) is 59.5 Å². The molecular weight excluding hydrogens is 316 g/mol. The van der Waals surface area contributed by atoms with E-state index in [0.29, 0.717) is 52.5 Å². The number of Topliss-reactive ketones (excluding diaryl/α,β-unsaturated/α-hetero) is 1. The van der Waals surface area contributed by atoms with Crippen LogP contribution in [0.5, 0.6) is 0 Å². The average molecular weight is 344 g/mol. The van der Waals surface area contributed by atoms with Gasteiger partial charge in [0.05, 0.1) is 52.7 Å². The summed E-state index contributed by atoms with van der Waals surface area (Å²) in [5.41, 5.74) is 0. The van der Waals surface area contributed by atoms with Gasteiger partial charge in [0.1, 0.15) is 19.0 Å². The lowest BCUT2D eigenvalue weighted by Crippen LogP contribution is -2.15. The van der Waals surface area contributed by atoms with Gasteiger partial charge in [-0.05, 0) is 0 Å². The number of hydrogen-bond acceptors (Lipinski definition) is 7. The fourth-order valence-electron chi connectivity index (χ4n) is 1.48. The Bertz CT molecular complexity index is 362. The van der Waals surface area contributed by atoms with Gasteiger partial charge in [-0.1, -0.05) is 12.8 Å². The number of carbonyl (C=O) groups excluding carboxylic acids is 2. The van der Waals surface area contributed by atoms with Crippen LogP contribution in [0.4, 0.5) is 0 Å². The van der Waals surface area contributed by atoms with E-state index in [-0.39, 0.29) is 38.0 Å². The summed E-state index contributed by atoms with van der Waals surface area (Å²) < 4.78 is 25.7. The number of ether oxygens (including phenoxy) is 5. The number of ketones is 1. The van der Waals surface area contributed by atoms with Gasteiger partial charge in [-0.3, -0.25) is 9.59 Å². The second-order valence-electron chi connectivity index (χ2n) is 4.71. The highest BCUT2D eigenvalue weighted by Gasteiger charge is 2.03. The summed E-state index contributed by atoms with van der Waals surface area (Å²) in [5.74, 6) is 2.20. The Labute approximate surface area is 143 Å². The SMILES string of the molecule is C#CCOCCOCCC(=O)OCCOCCOCCC(=O)CC. The molecule has 0 amide bonds. The summed E-state index contributed by atoms with van der Waals surface area (Å²) in [6.07, 6.45) is 6.18. The molecule has 0 saturated carbocycles. The van der Waals surface area contributed by atoms with Crippen molar-refractivity contribution in [3.8, 4) is 12.3 Å². The van der Waals surface area contributed by atoms with Crippen molar-refractivity contribution in [1.82, 2.24) is 0 Å². The maximum atomic E-state index is 11.4. The van der Waals surface area contributed by atoms with Gasteiger partial charge >= 0.3 is 5.97 Å². The highest BCUT2D eigenvalue weighted by atomic mass is 16.6. The number of carbonyl (C=O) groups is 2. The van der Waals surface area contributed by atoms with Crippen molar-refractivity contribution in [3.63, 3.8) is 0 Å². The number of rotatable bonds is 17. The Hall–Kier alpha value is -1.46. The second-order valence-corrected chi connectivity index (χ2v) is 4.71.